The maximum absolute atomic E-state index is 13.0. The van der Waals surface area contributed by atoms with E-state index in [4.69, 9.17) is 25.8 Å². The molecule has 3 rings (SSSR count). The predicted octanol–water partition coefficient (Wildman–Crippen LogP) is 3.03. The van der Waals surface area contributed by atoms with E-state index >= 15 is 0 Å². The third kappa shape index (κ3) is 5.56. The van der Waals surface area contributed by atoms with Crippen molar-refractivity contribution in [1.29, 1.82) is 0 Å². The number of amides is 1. The molecule has 8 nitrogen and oxygen atoms in total. The van der Waals surface area contributed by atoms with Crippen LogP contribution in [-0.2, 0) is 19.6 Å². The Morgan fingerprint density at radius 1 is 1.10 bits per heavy atom. The lowest BCUT2D eigenvalue weighted by Gasteiger charge is -2.26. The molecule has 1 amide bonds. The number of morpholine rings is 1. The lowest BCUT2D eigenvalue weighted by Crippen LogP contribution is -2.40. The molecule has 1 aliphatic heterocycles. The number of hydrogen-bond donors (Lipinski definition) is 1. The Balaban J connectivity index is 1.78. The summed E-state index contributed by atoms with van der Waals surface area (Å²) in [5.41, 5.74) is 1.04. The van der Waals surface area contributed by atoms with Crippen LogP contribution in [0.5, 0.6) is 11.5 Å². The zero-order chi connectivity index (χ0) is 22.4. The first kappa shape index (κ1) is 23.1. The minimum Gasteiger partial charge on any atom is -0.495 e. The van der Waals surface area contributed by atoms with Crippen LogP contribution in [0.1, 0.15) is 5.56 Å². The Labute approximate surface area is 186 Å². The van der Waals surface area contributed by atoms with Gasteiger partial charge in [0.15, 0.2) is 0 Å². The number of methoxy groups -OCH3 is 2. The monoisotopic (exact) mass is 466 g/mol. The fraction of sp³-hybridized carbons (Fsp3) is 0.286. The third-order valence-corrected chi connectivity index (χ3v) is 6.84. The number of nitrogens with one attached hydrogen (secondary N) is 1. The molecule has 1 aliphatic rings. The van der Waals surface area contributed by atoms with Gasteiger partial charge in [-0.25, -0.2) is 8.42 Å². The van der Waals surface area contributed by atoms with E-state index in [2.05, 4.69) is 5.32 Å². The Morgan fingerprint density at radius 2 is 1.77 bits per heavy atom. The second-order valence-corrected chi connectivity index (χ2v) is 8.91. The predicted molar refractivity (Wildman–Crippen MR) is 118 cm³/mol. The number of sulfonamides is 1. The van der Waals surface area contributed by atoms with Crippen molar-refractivity contribution >= 4 is 39.3 Å². The molecular weight excluding hydrogens is 444 g/mol. The van der Waals surface area contributed by atoms with Crippen LogP contribution in [0.25, 0.3) is 6.08 Å². The van der Waals surface area contributed by atoms with Crippen molar-refractivity contribution in [3.05, 3.63) is 53.1 Å². The van der Waals surface area contributed by atoms with Crippen molar-refractivity contribution in [2.75, 3.05) is 45.8 Å². The lowest BCUT2D eigenvalue weighted by molar-refractivity contribution is -0.111. The van der Waals surface area contributed by atoms with Crippen LogP contribution < -0.4 is 14.8 Å². The van der Waals surface area contributed by atoms with Gasteiger partial charge in [0.25, 0.3) is 0 Å². The molecule has 2 aromatic carbocycles. The highest BCUT2D eigenvalue weighted by atomic mass is 35.5. The van der Waals surface area contributed by atoms with Crippen LogP contribution in [-0.4, -0.2) is 59.2 Å². The van der Waals surface area contributed by atoms with Crippen LogP contribution in [0, 0.1) is 0 Å². The molecule has 10 heteroatoms. The van der Waals surface area contributed by atoms with Crippen molar-refractivity contribution in [3.63, 3.8) is 0 Å². The van der Waals surface area contributed by atoms with Gasteiger partial charge in [-0.2, -0.15) is 4.31 Å². The number of hydrogen-bond acceptors (Lipinski definition) is 6. The summed E-state index contributed by atoms with van der Waals surface area (Å²) in [6.45, 7) is 1.24. The Kier molecular flexibility index (Phi) is 7.55. The average Bonchev–Trinajstić information content (AvgIpc) is 2.78. The number of anilines is 1. The Hall–Kier alpha value is -2.59. The second-order valence-electron chi connectivity index (χ2n) is 6.60. The molecule has 1 N–H and O–H groups in total. The van der Waals surface area contributed by atoms with Gasteiger partial charge in [0.2, 0.25) is 15.9 Å². The number of rotatable bonds is 7. The van der Waals surface area contributed by atoms with E-state index in [9.17, 15) is 13.2 Å². The van der Waals surface area contributed by atoms with Crippen molar-refractivity contribution in [2.45, 2.75) is 4.90 Å². The summed E-state index contributed by atoms with van der Waals surface area (Å²) in [4.78, 5) is 12.3. The van der Waals surface area contributed by atoms with Crippen LogP contribution >= 0.6 is 11.6 Å². The molecule has 0 radical (unpaired) electrons. The molecule has 1 fully saturated rings. The van der Waals surface area contributed by atoms with E-state index in [1.165, 1.54) is 36.7 Å². The zero-order valence-electron chi connectivity index (χ0n) is 17.1. The van der Waals surface area contributed by atoms with Gasteiger partial charge in [-0.05, 0) is 42.0 Å². The van der Waals surface area contributed by atoms with Crippen molar-refractivity contribution in [1.82, 2.24) is 4.31 Å². The maximum atomic E-state index is 13.0. The maximum Gasteiger partial charge on any atom is 0.248 e. The molecular formula is C21H23ClN2O6S. The number of carbonyl (C=O) groups is 1. The highest BCUT2D eigenvalue weighted by Crippen LogP contribution is 2.29. The standard InChI is InChI=1S/C21H23ClN2O6S/c1-28-18-7-5-16(14-17(18)22)23-21(25)8-4-15-3-6-19(29-2)20(13-15)31(26,27)24-9-11-30-12-10-24/h3-8,13-14H,9-12H2,1-2H3,(H,23,25)/b8-4+. The van der Waals surface area contributed by atoms with Gasteiger partial charge >= 0.3 is 0 Å². The summed E-state index contributed by atoms with van der Waals surface area (Å²) in [5.74, 6) is 0.345. The quantitative estimate of drug-likeness (QED) is 0.630. The van der Waals surface area contributed by atoms with E-state index in [0.717, 1.165) is 0 Å². The average molecular weight is 467 g/mol. The summed E-state index contributed by atoms with van der Waals surface area (Å²) in [6.07, 6.45) is 2.84. The number of nitrogens with zero attached hydrogens (tertiary/aromatic N) is 1. The molecule has 1 saturated heterocycles. The van der Waals surface area contributed by atoms with E-state index < -0.39 is 15.9 Å². The van der Waals surface area contributed by atoms with Crippen LogP contribution in [0.3, 0.4) is 0 Å². The first-order chi connectivity index (χ1) is 14.8. The van der Waals surface area contributed by atoms with Gasteiger partial charge in [0, 0.05) is 24.9 Å². The summed E-state index contributed by atoms with van der Waals surface area (Å²) >= 11 is 6.06. The Bertz CT molecular complexity index is 1080. The molecule has 2 aromatic rings. The number of carbonyl (C=O) groups excluding carboxylic acids is 1. The minimum absolute atomic E-state index is 0.0430. The van der Waals surface area contributed by atoms with Gasteiger partial charge in [-0.1, -0.05) is 17.7 Å². The van der Waals surface area contributed by atoms with E-state index in [-0.39, 0.29) is 23.7 Å². The molecule has 0 aromatic heterocycles. The van der Waals surface area contributed by atoms with Crippen LogP contribution in [0.15, 0.2) is 47.4 Å². The lowest BCUT2D eigenvalue weighted by atomic mass is 10.2. The normalized spacial score (nSPS) is 15.1. The molecule has 0 bridgehead atoms. The highest BCUT2D eigenvalue weighted by molar-refractivity contribution is 7.89. The van der Waals surface area contributed by atoms with Crippen LogP contribution in [0.4, 0.5) is 5.69 Å². The fourth-order valence-electron chi connectivity index (χ4n) is 3.02. The second kappa shape index (κ2) is 10.1. The summed E-state index contributed by atoms with van der Waals surface area (Å²) in [6, 6.07) is 9.61. The van der Waals surface area contributed by atoms with Crippen molar-refractivity contribution < 1.29 is 27.4 Å². The zero-order valence-corrected chi connectivity index (χ0v) is 18.7. The fourth-order valence-corrected chi connectivity index (χ4v) is 4.88. The van der Waals surface area contributed by atoms with E-state index in [1.54, 1.807) is 30.3 Å². The molecule has 0 saturated carbocycles. The van der Waals surface area contributed by atoms with Crippen molar-refractivity contribution in [2.24, 2.45) is 0 Å². The molecule has 0 aliphatic carbocycles. The first-order valence-corrected chi connectivity index (χ1v) is 11.3. The molecule has 166 valence electrons. The van der Waals surface area contributed by atoms with Gasteiger partial charge in [-0.15, -0.1) is 0 Å². The minimum atomic E-state index is -3.76. The third-order valence-electron chi connectivity index (χ3n) is 4.62. The number of ether oxygens (including phenoxy) is 3. The van der Waals surface area contributed by atoms with Gasteiger partial charge < -0.3 is 19.5 Å². The van der Waals surface area contributed by atoms with Crippen molar-refractivity contribution in [3.8, 4) is 11.5 Å². The summed E-state index contributed by atoms with van der Waals surface area (Å²) in [5, 5.41) is 3.07. The van der Waals surface area contributed by atoms with E-state index in [1.807, 2.05) is 0 Å². The molecule has 0 atom stereocenters. The van der Waals surface area contributed by atoms with Gasteiger partial charge in [0.1, 0.15) is 16.4 Å². The van der Waals surface area contributed by atoms with Gasteiger partial charge in [0.05, 0.1) is 32.5 Å². The molecule has 31 heavy (non-hydrogen) atoms. The SMILES string of the molecule is COc1ccc(NC(=O)/C=C/c2ccc(OC)c(S(=O)(=O)N3CCOCC3)c2)cc1Cl. The number of benzene rings is 2. The number of halogens is 1. The Morgan fingerprint density at radius 3 is 2.42 bits per heavy atom. The molecule has 0 unspecified atom stereocenters. The highest BCUT2D eigenvalue weighted by Gasteiger charge is 2.29. The van der Waals surface area contributed by atoms with E-state index in [0.29, 0.717) is 35.2 Å². The van der Waals surface area contributed by atoms with Crippen LogP contribution in [0.2, 0.25) is 5.02 Å². The summed E-state index contributed by atoms with van der Waals surface area (Å²) in [7, 11) is -0.841. The first-order valence-electron chi connectivity index (χ1n) is 9.43. The van der Waals surface area contributed by atoms with Gasteiger partial charge in [-0.3, -0.25) is 4.79 Å². The summed E-state index contributed by atoms with van der Waals surface area (Å²) < 4.78 is 43.0. The molecule has 0 spiro atoms. The largest absolute Gasteiger partial charge is 0.495 e. The molecule has 1 heterocycles. The topological polar surface area (TPSA) is 94.2 Å². The smallest absolute Gasteiger partial charge is 0.248 e.